The first-order chi connectivity index (χ1) is 16.4. The molecule has 0 spiro atoms. The summed E-state index contributed by atoms with van der Waals surface area (Å²) in [6.07, 6.45) is 0. The number of nitro groups is 1. The lowest BCUT2D eigenvalue weighted by Crippen LogP contribution is -2.40. The molecule has 4 aromatic rings. The third-order valence-electron chi connectivity index (χ3n) is 5.32. The van der Waals surface area contributed by atoms with E-state index >= 15 is 0 Å². The van der Waals surface area contributed by atoms with Crippen LogP contribution in [0.1, 0.15) is 5.56 Å². The molecule has 4 aromatic carbocycles. The number of benzene rings is 4. The lowest BCUT2D eigenvalue weighted by Gasteiger charge is -2.24. The largest absolute Gasteiger partial charge is 0.350 e. The number of nitrogens with zero attached hydrogens (tertiary/aromatic N) is 2. The number of hydrogen-bond acceptors (Lipinski definition) is 5. The van der Waals surface area contributed by atoms with Gasteiger partial charge in [0.25, 0.3) is 15.7 Å². The first-order valence-electron chi connectivity index (χ1n) is 10.4. The molecule has 0 heterocycles. The van der Waals surface area contributed by atoms with Crippen molar-refractivity contribution in [2.45, 2.75) is 11.4 Å². The number of nitro benzene ring substituents is 1. The van der Waals surface area contributed by atoms with E-state index < -0.39 is 27.4 Å². The molecule has 1 N–H and O–H groups in total. The molecule has 0 saturated heterocycles. The molecule has 34 heavy (non-hydrogen) atoms. The van der Waals surface area contributed by atoms with Crippen LogP contribution in [-0.2, 0) is 21.4 Å². The Morgan fingerprint density at radius 2 is 1.50 bits per heavy atom. The molecule has 0 radical (unpaired) electrons. The molecule has 1 amide bonds. The summed E-state index contributed by atoms with van der Waals surface area (Å²) in [6.45, 7) is -0.264. The second kappa shape index (κ2) is 9.72. The fraction of sp³-hybridized carbons (Fsp3) is 0.0800. The van der Waals surface area contributed by atoms with Crippen molar-refractivity contribution in [2.24, 2.45) is 0 Å². The Balaban J connectivity index is 1.60. The number of sulfonamides is 1. The lowest BCUT2D eigenvalue weighted by atomic mass is 10.0. The maximum absolute atomic E-state index is 13.3. The summed E-state index contributed by atoms with van der Waals surface area (Å²) in [5.41, 5.74) is 0.871. The number of fused-ring (bicyclic) bond motifs is 1. The Morgan fingerprint density at radius 1 is 0.853 bits per heavy atom. The first-order valence-corrected chi connectivity index (χ1v) is 11.9. The van der Waals surface area contributed by atoms with Crippen LogP contribution < -0.4 is 9.62 Å². The van der Waals surface area contributed by atoms with E-state index in [4.69, 9.17) is 0 Å². The van der Waals surface area contributed by atoms with E-state index in [-0.39, 0.29) is 22.8 Å². The van der Waals surface area contributed by atoms with Gasteiger partial charge in [0.1, 0.15) is 6.54 Å². The van der Waals surface area contributed by atoms with E-state index in [0.29, 0.717) is 0 Å². The predicted molar refractivity (Wildman–Crippen MR) is 130 cm³/mol. The minimum Gasteiger partial charge on any atom is -0.350 e. The van der Waals surface area contributed by atoms with E-state index in [1.54, 1.807) is 18.2 Å². The van der Waals surface area contributed by atoms with Gasteiger partial charge >= 0.3 is 0 Å². The maximum Gasteiger partial charge on any atom is 0.269 e. The zero-order chi connectivity index (χ0) is 24.1. The summed E-state index contributed by atoms with van der Waals surface area (Å²) in [7, 11) is -4.10. The number of nitrogens with one attached hydrogen (secondary N) is 1. The Hall–Kier alpha value is -4.24. The van der Waals surface area contributed by atoms with Crippen LogP contribution in [0.5, 0.6) is 0 Å². The summed E-state index contributed by atoms with van der Waals surface area (Å²) in [4.78, 5) is 23.3. The highest BCUT2D eigenvalue weighted by molar-refractivity contribution is 7.92. The molecule has 9 heteroatoms. The van der Waals surface area contributed by atoms with Crippen molar-refractivity contribution in [1.29, 1.82) is 0 Å². The van der Waals surface area contributed by atoms with Crippen molar-refractivity contribution in [3.05, 3.63) is 113 Å². The molecule has 0 aliphatic carbocycles. The van der Waals surface area contributed by atoms with E-state index in [2.05, 4.69) is 5.32 Å². The highest BCUT2D eigenvalue weighted by atomic mass is 32.2. The number of carbonyl (C=O) groups excluding carboxylic acids is 1. The van der Waals surface area contributed by atoms with Crippen LogP contribution in [-0.4, -0.2) is 25.8 Å². The minimum absolute atomic E-state index is 0.00945. The van der Waals surface area contributed by atoms with Gasteiger partial charge in [0.15, 0.2) is 0 Å². The smallest absolute Gasteiger partial charge is 0.269 e. The van der Waals surface area contributed by atoms with E-state index in [0.717, 1.165) is 20.6 Å². The molecule has 0 atom stereocenters. The Labute approximate surface area is 196 Å². The SMILES string of the molecule is O=C(CN(c1ccc([N+](=O)[O-])cc1)S(=O)(=O)c1ccccc1)NCc1cccc2ccccc12. The van der Waals surface area contributed by atoms with Crippen LogP contribution in [0.15, 0.2) is 102 Å². The summed E-state index contributed by atoms with van der Waals surface area (Å²) in [5, 5.41) is 15.8. The quantitative estimate of drug-likeness (QED) is 0.302. The van der Waals surface area contributed by atoms with Gasteiger partial charge in [-0.2, -0.15) is 0 Å². The van der Waals surface area contributed by atoms with Crippen molar-refractivity contribution in [1.82, 2.24) is 5.32 Å². The van der Waals surface area contributed by atoms with Crippen molar-refractivity contribution in [3.8, 4) is 0 Å². The standard InChI is InChI=1S/C25H21N3O5S/c29-25(26-17-20-9-6-8-19-7-4-5-12-24(19)20)18-27(21-13-15-22(16-14-21)28(30)31)34(32,33)23-10-2-1-3-11-23/h1-16H,17-18H2,(H,26,29). The fourth-order valence-electron chi connectivity index (χ4n) is 3.60. The molecule has 172 valence electrons. The number of anilines is 1. The van der Waals surface area contributed by atoms with Gasteiger partial charge in [0.2, 0.25) is 5.91 Å². The Kier molecular flexibility index (Phi) is 6.55. The van der Waals surface area contributed by atoms with Gasteiger partial charge in [-0.05, 0) is 40.6 Å². The lowest BCUT2D eigenvalue weighted by molar-refractivity contribution is -0.384. The molecular formula is C25H21N3O5S. The van der Waals surface area contributed by atoms with Gasteiger partial charge in [-0.3, -0.25) is 19.2 Å². The topological polar surface area (TPSA) is 110 Å². The van der Waals surface area contributed by atoms with Crippen LogP contribution in [0, 0.1) is 10.1 Å². The van der Waals surface area contributed by atoms with Gasteiger partial charge in [0, 0.05) is 18.7 Å². The molecule has 0 aliphatic heterocycles. The van der Waals surface area contributed by atoms with Crippen molar-refractivity contribution >= 4 is 38.1 Å². The number of carbonyl (C=O) groups is 1. The highest BCUT2D eigenvalue weighted by Gasteiger charge is 2.27. The molecule has 8 nitrogen and oxygen atoms in total. The molecule has 0 saturated carbocycles. The van der Waals surface area contributed by atoms with Gasteiger partial charge < -0.3 is 5.32 Å². The van der Waals surface area contributed by atoms with Crippen LogP contribution >= 0.6 is 0 Å². The minimum atomic E-state index is -4.10. The van der Waals surface area contributed by atoms with Crippen LogP contribution in [0.2, 0.25) is 0 Å². The Bertz CT molecular complexity index is 1430. The molecule has 0 aromatic heterocycles. The van der Waals surface area contributed by atoms with Crippen LogP contribution in [0.4, 0.5) is 11.4 Å². The van der Waals surface area contributed by atoms with Gasteiger partial charge in [-0.1, -0.05) is 60.7 Å². The first kappa shape index (κ1) is 22.9. The third-order valence-corrected chi connectivity index (χ3v) is 7.11. The zero-order valence-electron chi connectivity index (χ0n) is 18.0. The van der Waals surface area contributed by atoms with Crippen molar-refractivity contribution in [3.63, 3.8) is 0 Å². The van der Waals surface area contributed by atoms with Crippen molar-refractivity contribution in [2.75, 3.05) is 10.8 Å². The van der Waals surface area contributed by atoms with E-state index in [1.807, 2.05) is 42.5 Å². The molecule has 0 bridgehead atoms. The molecule has 0 unspecified atom stereocenters. The fourth-order valence-corrected chi connectivity index (χ4v) is 5.04. The van der Waals surface area contributed by atoms with Gasteiger partial charge in [-0.15, -0.1) is 0 Å². The van der Waals surface area contributed by atoms with Gasteiger partial charge in [-0.25, -0.2) is 8.42 Å². The Morgan fingerprint density at radius 3 is 2.21 bits per heavy atom. The summed E-state index contributed by atoms with van der Waals surface area (Å²) in [5.74, 6) is -0.509. The monoisotopic (exact) mass is 475 g/mol. The number of hydrogen-bond donors (Lipinski definition) is 1. The number of non-ortho nitro benzene ring substituents is 1. The van der Waals surface area contributed by atoms with Crippen LogP contribution in [0.25, 0.3) is 10.8 Å². The zero-order valence-corrected chi connectivity index (χ0v) is 18.8. The maximum atomic E-state index is 13.3. The molecule has 4 rings (SSSR count). The van der Waals surface area contributed by atoms with Gasteiger partial charge in [0.05, 0.1) is 15.5 Å². The highest BCUT2D eigenvalue weighted by Crippen LogP contribution is 2.26. The summed E-state index contributed by atoms with van der Waals surface area (Å²) < 4.78 is 27.6. The third kappa shape index (κ3) is 4.89. The second-order valence-electron chi connectivity index (χ2n) is 7.51. The van der Waals surface area contributed by atoms with Crippen LogP contribution in [0.3, 0.4) is 0 Å². The number of rotatable bonds is 8. The normalized spacial score (nSPS) is 11.2. The molecule has 0 aliphatic rings. The molecule has 0 fully saturated rings. The van der Waals surface area contributed by atoms with E-state index in [1.165, 1.54) is 36.4 Å². The second-order valence-corrected chi connectivity index (χ2v) is 9.38. The average molecular weight is 476 g/mol. The predicted octanol–water partition coefficient (Wildman–Crippen LogP) is 4.26. The van der Waals surface area contributed by atoms with Crippen molar-refractivity contribution < 1.29 is 18.1 Å². The summed E-state index contributed by atoms with van der Waals surface area (Å²) in [6, 6.07) is 26.3. The summed E-state index contributed by atoms with van der Waals surface area (Å²) >= 11 is 0. The van der Waals surface area contributed by atoms with E-state index in [9.17, 15) is 23.3 Å². The molecular weight excluding hydrogens is 454 g/mol. The number of amides is 1. The average Bonchev–Trinajstić information content (AvgIpc) is 2.86.